The van der Waals surface area contributed by atoms with E-state index in [2.05, 4.69) is 25.5 Å². The van der Waals surface area contributed by atoms with Gasteiger partial charge in [0.1, 0.15) is 5.60 Å². The number of ether oxygens (including phenoxy) is 2. The third kappa shape index (κ3) is 25.5. The van der Waals surface area contributed by atoms with Gasteiger partial charge in [0.2, 0.25) is 0 Å². The van der Waals surface area contributed by atoms with Gasteiger partial charge in [0, 0.05) is 6.42 Å². The lowest BCUT2D eigenvalue weighted by atomic mass is 9.89. The summed E-state index contributed by atoms with van der Waals surface area (Å²) in [6, 6.07) is 0. The van der Waals surface area contributed by atoms with E-state index < -0.39 is 12.3 Å². The molecule has 0 atom stereocenters. The molecule has 0 heterocycles. The zero-order valence-corrected chi connectivity index (χ0v) is 15.0. The van der Waals surface area contributed by atoms with Crippen LogP contribution >= 0.6 is 0 Å². The second-order valence-electron chi connectivity index (χ2n) is 7.34. The normalized spacial score (nSPS) is 11.0. The molecule has 0 rings (SSSR count). The van der Waals surface area contributed by atoms with Gasteiger partial charge in [-0.15, -0.1) is 0 Å². The van der Waals surface area contributed by atoms with E-state index in [1.807, 2.05) is 20.8 Å². The third-order valence-electron chi connectivity index (χ3n) is 2.40. The molecule has 0 aromatic heterocycles. The standard InChI is InChI=1S/C14H28O2.C2H2O5/c1-13(2,3)11-9-7-8-10-12(15)16-14(4,5)6;3-1(4)7-2(5)6/h7-11H2,1-6H3;(H,3,4)(H,5,6). The molecule has 0 aliphatic rings. The van der Waals surface area contributed by atoms with Crippen molar-refractivity contribution in [3.63, 3.8) is 0 Å². The van der Waals surface area contributed by atoms with Gasteiger partial charge in [0.25, 0.3) is 0 Å². The van der Waals surface area contributed by atoms with Crippen molar-refractivity contribution in [2.24, 2.45) is 5.41 Å². The summed E-state index contributed by atoms with van der Waals surface area (Å²) in [4.78, 5) is 29.8. The van der Waals surface area contributed by atoms with Gasteiger partial charge in [-0.25, -0.2) is 9.59 Å². The first kappa shape index (κ1) is 23.5. The Morgan fingerprint density at radius 2 is 1.30 bits per heavy atom. The zero-order valence-electron chi connectivity index (χ0n) is 15.0. The molecule has 0 radical (unpaired) electrons. The molecular weight excluding hydrogens is 304 g/mol. The first-order valence-electron chi connectivity index (χ1n) is 7.58. The van der Waals surface area contributed by atoms with E-state index in [0.717, 1.165) is 12.8 Å². The van der Waals surface area contributed by atoms with Crippen LogP contribution in [0.25, 0.3) is 0 Å². The van der Waals surface area contributed by atoms with Crippen molar-refractivity contribution in [2.75, 3.05) is 0 Å². The van der Waals surface area contributed by atoms with E-state index in [1.54, 1.807) is 0 Å². The van der Waals surface area contributed by atoms with Crippen molar-refractivity contribution in [1.29, 1.82) is 0 Å². The Balaban J connectivity index is 0. The summed E-state index contributed by atoms with van der Waals surface area (Å²) < 4.78 is 8.33. The minimum atomic E-state index is -1.81. The number of unbranched alkanes of at least 4 members (excludes halogenated alkanes) is 2. The Morgan fingerprint density at radius 1 is 0.826 bits per heavy atom. The van der Waals surface area contributed by atoms with Crippen LogP contribution in [0.4, 0.5) is 9.59 Å². The first-order valence-corrected chi connectivity index (χ1v) is 7.58. The van der Waals surface area contributed by atoms with Crippen LogP contribution in [0.3, 0.4) is 0 Å². The van der Waals surface area contributed by atoms with Crippen LogP contribution in [0.2, 0.25) is 0 Å². The Kier molecular flexibility index (Phi) is 11.1. The molecule has 7 nitrogen and oxygen atoms in total. The van der Waals surface area contributed by atoms with E-state index in [-0.39, 0.29) is 11.6 Å². The summed E-state index contributed by atoms with van der Waals surface area (Å²) in [5, 5.41) is 15.0. The van der Waals surface area contributed by atoms with Crippen LogP contribution in [0.15, 0.2) is 0 Å². The number of carbonyl (C=O) groups excluding carboxylic acids is 1. The molecule has 0 saturated heterocycles. The van der Waals surface area contributed by atoms with Gasteiger partial charge in [-0.3, -0.25) is 4.79 Å². The summed E-state index contributed by atoms with van der Waals surface area (Å²) in [5.41, 5.74) is 0.0639. The molecule has 0 amide bonds. The maximum Gasteiger partial charge on any atom is 0.516 e. The van der Waals surface area contributed by atoms with E-state index in [4.69, 9.17) is 14.9 Å². The summed E-state index contributed by atoms with van der Waals surface area (Å²) >= 11 is 0. The predicted octanol–water partition coefficient (Wildman–Crippen LogP) is 4.68. The number of esters is 1. The lowest BCUT2D eigenvalue weighted by molar-refractivity contribution is -0.154. The first-order chi connectivity index (χ1) is 10.2. The fourth-order valence-electron chi connectivity index (χ4n) is 1.57. The third-order valence-corrected chi connectivity index (χ3v) is 2.40. The molecule has 0 aromatic carbocycles. The summed E-state index contributed by atoms with van der Waals surface area (Å²) in [7, 11) is 0. The number of carbonyl (C=O) groups is 3. The van der Waals surface area contributed by atoms with Crippen LogP contribution in [-0.2, 0) is 14.3 Å². The largest absolute Gasteiger partial charge is 0.516 e. The topological polar surface area (TPSA) is 110 Å². The molecule has 0 spiro atoms. The minimum absolute atomic E-state index is 0.0664. The lowest BCUT2D eigenvalue weighted by Gasteiger charge is -2.19. The second kappa shape index (κ2) is 10.9. The molecule has 0 aromatic rings. The molecule has 0 fully saturated rings. The van der Waals surface area contributed by atoms with Gasteiger partial charge in [0.15, 0.2) is 0 Å². The Hall–Kier alpha value is -1.79. The highest BCUT2D eigenvalue weighted by atomic mass is 16.7. The van der Waals surface area contributed by atoms with Crippen LogP contribution in [0, 0.1) is 5.41 Å². The van der Waals surface area contributed by atoms with E-state index >= 15 is 0 Å². The van der Waals surface area contributed by atoms with Gasteiger partial charge in [0.05, 0.1) is 0 Å². The molecule has 0 unspecified atom stereocenters. The van der Waals surface area contributed by atoms with Crippen molar-refractivity contribution in [3.8, 4) is 0 Å². The van der Waals surface area contributed by atoms with Gasteiger partial charge < -0.3 is 19.7 Å². The van der Waals surface area contributed by atoms with Crippen molar-refractivity contribution < 1.29 is 34.1 Å². The Morgan fingerprint density at radius 3 is 1.61 bits per heavy atom. The molecule has 0 aliphatic heterocycles. The molecule has 0 bridgehead atoms. The number of hydrogen-bond acceptors (Lipinski definition) is 5. The fraction of sp³-hybridized carbons (Fsp3) is 0.812. The van der Waals surface area contributed by atoms with E-state index in [9.17, 15) is 14.4 Å². The molecule has 7 heteroatoms. The van der Waals surface area contributed by atoms with Crippen LogP contribution in [0.5, 0.6) is 0 Å². The summed E-state index contributed by atoms with van der Waals surface area (Å²) in [6.07, 6.45) is 1.43. The average molecular weight is 334 g/mol. The Bertz CT molecular complexity index is 363. The highest BCUT2D eigenvalue weighted by Gasteiger charge is 2.15. The number of rotatable bonds is 5. The van der Waals surface area contributed by atoms with Gasteiger partial charge in [-0.1, -0.05) is 33.6 Å². The van der Waals surface area contributed by atoms with Gasteiger partial charge in [-0.2, -0.15) is 0 Å². The number of hydrogen-bond donors (Lipinski definition) is 2. The van der Waals surface area contributed by atoms with Gasteiger partial charge in [-0.05, 0) is 39.0 Å². The highest BCUT2D eigenvalue weighted by Crippen LogP contribution is 2.22. The smallest absolute Gasteiger partial charge is 0.460 e. The lowest BCUT2D eigenvalue weighted by Crippen LogP contribution is -2.23. The fourth-order valence-corrected chi connectivity index (χ4v) is 1.57. The Labute approximate surface area is 138 Å². The second-order valence-corrected chi connectivity index (χ2v) is 7.34. The molecule has 136 valence electrons. The van der Waals surface area contributed by atoms with Gasteiger partial charge >= 0.3 is 18.3 Å². The maximum atomic E-state index is 11.4. The average Bonchev–Trinajstić information content (AvgIpc) is 2.22. The summed E-state index contributed by atoms with van der Waals surface area (Å²) in [6.45, 7) is 12.5. The van der Waals surface area contributed by atoms with Crippen molar-refractivity contribution >= 4 is 18.3 Å². The molecule has 2 N–H and O–H groups in total. The minimum Gasteiger partial charge on any atom is -0.460 e. The molecule has 0 aliphatic carbocycles. The monoisotopic (exact) mass is 334 g/mol. The predicted molar refractivity (Wildman–Crippen MR) is 85.5 cm³/mol. The van der Waals surface area contributed by atoms with Crippen molar-refractivity contribution in [2.45, 2.75) is 79.2 Å². The van der Waals surface area contributed by atoms with Crippen LogP contribution in [0.1, 0.15) is 73.6 Å². The molecule has 0 saturated carbocycles. The van der Waals surface area contributed by atoms with Crippen LogP contribution < -0.4 is 0 Å². The zero-order chi connectivity index (χ0) is 18.7. The SMILES string of the molecule is CC(C)(C)CCCCCC(=O)OC(C)(C)C.O=C(O)OC(=O)O. The van der Waals surface area contributed by atoms with Crippen molar-refractivity contribution in [3.05, 3.63) is 0 Å². The van der Waals surface area contributed by atoms with E-state index in [1.165, 1.54) is 12.8 Å². The summed E-state index contributed by atoms with van der Waals surface area (Å²) in [5.74, 6) is -0.0664. The highest BCUT2D eigenvalue weighted by molar-refractivity contribution is 5.74. The van der Waals surface area contributed by atoms with Crippen LogP contribution in [-0.4, -0.2) is 34.1 Å². The molecule has 23 heavy (non-hydrogen) atoms. The number of carboxylic acid groups (broad SMARTS) is 2. The van der Waals surface area contributed by atoms with Crippen molar-refractivity contribution in [1.82, 2.24) is 0 Å². The quantitative estimate of drug-likeness (QED) is 0.426. The molecular formula is C16H30O7. The van der Waals surface area contributed by atoms with E-state index in [0.29, 0.717) is 11.8 Å². The maximum absolute atomic E-state index is 11.4.